The Kier molecular flexibility index (Phi) is 5.98. The highest BCUT2D eigenvalue weighted by atomic mass is 16.2. The molecule has 0 aliphatic carbocycles. The summed E-state index contributed by atoms with van der Waals surface area (Å²) in [5.41, 5.74) is 2.55. The number of hydrogen-bond donors (Lipinski definition) is 3. The summed E-state index contributed by atoms with van der Waals surface area (Å²) in [5, 5.41) is 5.04. The average molecular weight is 319 g/mol. The second-order valence-electron chi connectivity index (χ2n) is 6.38. The maximum atomic E-state index is 11.9. The largest absolute Gasteiger partial charge is 0.360 e. The minimum absolute atomic E-state index is 0.0211. The van der Waals surface area contributed by atoms with Crippen molar-refractivity contribution in [2.45, 2.75) is 26.8 Å². The van der Waals surface area contributed by atoms with Gasteiger partial charge in [-0.2, -0.15) is 0 Å². The number of aryl methyl sites for hydroxylation is 1. The number of rotatable bonds is 4. The van der Waals surface area contributed by atoms with Crippen LogP contribution in [0, 0.1) is 6.92 Å². The number of hydrogen-bond acceptors (Lipinski definition) is 3. The molecule has 0 atom stereocenters. The van der Waals surface area contributed by atoms with E-state index in [9.17, 15) is 9.59 Å². The summed E-state index contributed by atoms with van der Waals surface area (Å²) in [6.45, 7) is 9.82. The molecule has 6 nitrogen and oxygen atoms in total. The van der Waals surface area contributed by atoms with Crippen molar-refractivity contribution < 1.29 is 14.5 Å². The van der Waals surface area contributed by atoms with Crippen molar-refractivity contribution in [3.05, 3.63) is 29.8 Å². The van der Waals surface area contributed by atoms with E-state index in [0.29, 0.717) is 6.54 Å². The van der Waals surface area contributed by atoms with Crippen molar-refractivity contribution in [1.29, 1.82) is 0 Å². The van der Waals surface area contributed by atoms with Gasteiger partial charge in [-0.05, 0) is 32.4 Å². The molecule has 2 rings (SSSR count). The molecule has 23 heavy (non-hydrogen) atoms. The normalized spacial score (nSPS) is 15.6. The van der Waals surface area contributed by atoms with Gasteiger partial charge in [0.2, 0.25) is 0 Å². The summed E-state index contributed by atoms with van der Waals surface area (Å²) in [4.78, 5) is 27.0. The second kappa shape index (κ2) is 7.97. The number of carbonyl (C=O) groups excluding carboxylic acids is 2. The first-order valence-corrected chi connectivity index (χ1v) is 8.20. The Balaban J connectivity index is 1.77. The molecular formula is C17H27N4O2+. The van der Waals surface area contributed by atoms with Crippen LogP contribution in [0.2, 0.25) is 0 Å². The lowest BCUT2D eigenvalue weighted by molar-refractivity contribution is -0.892. The highest BCUT2D eigenvalue weighted by Gasteiger charge is 2.23. The van der Waals surface area contributed by atoms with Crippen LogP contribution in [-0.4, -0.2) is 50.7 Å². The first-order valence-electron chi connectivity index (χ1n) is 8.20. The highest BCUT2D eigenvalue weighted by molar-refractivity contribution is 5.94. The number of quaternary nitrogens is 1. The number of urea groups is 1. The van der Waals surface area contributed by atoms with Gasteiger partial charge in [0.25, 0.3) is 5.91 Å². The number of piperazine rings is 1. The van der Waals surface area contributed by atoms with Crippen LogP contribution >= 0.6 is 0 Å². The number of anilines is 1. The van der Waals surface area contributed by atoms with E-state index in [1.54, 1.807) is 0 Å². The zero-order chi connectivity index (χ0) is 16.8. The topological polar surface area (TPSA) is 65.9 Å². The molecule has 1 saturated heterocycles. The lowest BCUT2D eigenvalue weighted by Crippen LogP contribution is -3.16. The van der Waals surface area contributed by atoms with Gasteiger partial charge in [-0.15, -0.1) is 0 Å². The molecule has 1 aliphatic heterocycles. The van der Waals surface area contributed by atoms with Gasteiger partial charge in [0.15, 0.2) is 6.54 Å². The van der Waals surface area contributed by atoms with Crippen molar-refractivity contribution in [3.8, 4) is 0 Å². The minimum Gasteiger partial charge on any atom is -0.360 e. The Morgan fingerprint density at radius 3 is 2.48 bits per heavy atom. The van der Waals surface area contributed by atoms with Crippen LogP contribution in [0.3, 0.4) is 0 Å². The van der Waals surface area contributed by atoms with Crippen molar-refractivity contribution in [3.63, 3.8) is 0 Å². The summed E-state index contributed by atoms with van der Waals surface area (Å²) in [7, 11) is 0. The van der Waals surface area contributed by atoms with E-state index in [-0.39, 0.29) is 11.9 Å². The summed E-state index contributed by atoms with van der Waals surface area (Å²) in [6, 6.07) is 7.98. The molecule has 1 heterocycles. The maximum Gasteiger partial charge on any atom is 0.321 e. The number of nitrogens with one attached hydrogen (secondary N) is 3. The molecule has 1 aromatic rings. The number of para-hydroxylation sites is 1. The standard InChI is InChI=1S/C17H26N4O2/c1-13(2)18-17(23)19-16(22)12-20-8-10-21(11-9-20)15-7-5-4-6-14(15)3/h4-7,13H,8-12H2,1-3H3,(H2,18,19,22,23)/p+1. The number of amides is 3. The van der Waals surface area contributed by atoms with Gasteiger partial charge >= 0.3 is 6.03 Å². The monoisotopic (exact) mass is 319 g/mol. The van der Waals surface area contributed by atoms with Crippen LogP contribution in [0.5, 0.6) is 0 Å². The molecule has 126 valence electrons. The van der Waals surface area contributed by atoms with Crippen LogP contribution in [0.1, 0.15) is 19.4 Å². The first-order chi connectivity index (χ1) is 11.0. The Morgan fingerprint density at radius 1 is 1.22 bits per heavy atom. The molecule has 0 radical (unpaired) electrons. The summed E-state index contributed by atoms with van der Waals surface area (Å²) < 4.78 is 0. The van der Waals surface area contributed by atoms with Crippen molar-refractivity contribution in [2.75, 3.05) is 37.6 Å². The zero-order valence-electron chi connectivity index (χ0n) is 14.2. The van der Waals surface area contributed by atoms with Gasteiger partial charge in [-0.3, -0.25) is 10.1 Å². The van der Waals surface area contributed by atoms with E-state index in [1.165, 1.54) is 16.2 Å². The molecule has 1 aromatic carbocycles. The van der Waals surface area contributed by atoms with Crippen LogP contribution in [0.15, 0.2) is 24.3 Å². The maximum absolute atomic E-state index is 11.9. The van der Waals surface area contributed by atoms with E-state index >= 15 is 0 Å². The molecule has 0 saturated carbocycles. The SMILES string of the molecule is Cc1ccccc1N1CC[NH+](CC(=O)NC(=O)NC(C)C)CC1. The van der Waals surface area contributed by atoms with E-state index in [2.05, 4.69) is 40.7 Å². The molecule has 0 unspecified atom stereocenters. The lowest BCUT2D eigenvalue weighted by atomic mass is 10.1. The predicted molar refractivity (Wildman–Crippen MR) is 90.8 cm³/mol. The van der Waals surface area contributed by atoms with Crippen molar-refractivity contribution >= 4 is 17.6 Å². The number of carbonyl (C=O) groups is 2. The van der Waals surface area contributed by atoms with Crippen LogP contribution in [-0.2, 0) is 4.79 Å². The van der Waals surface area contributed by atoms with Crippen LogP contribution in [0.25, 0.3) is 0 Å². The van der Waals surface area contributed by atoms with Crippen molar-refractivity contribution in [1.82, 2.24) is 10.6 Å². The first kappa shape index (κ1) is 17.3. The zero-order valence-corrected chi connectivity index (χ0v) is 14.2. The van der Waals surface area contributed by atoms with E-state index in [0.717, 1.165) is 26.2 Å². The summed E-state index contributed by atoms with van der Waals surface area (Å²) >= 11 is 0. The molecule has 1 aliphatic rings. The predicted octanol–water partition coefficient (Wildman–Crippen LogP) is -0.0659. The van der Waals surface area contributed by atoms with Gasteiger partial charge in [0.1, 0.15) is 0 Å². The molecule has 6 heteroatoms. The third kappa shape index (κ3) is 5.25. The number of benzene rings is 1. The fourth-order valence-electron chi connectivity index (χ4n) is 2.86. The van der Waals surface area contributed by atoms with E-state index in [4.69, 9.17) is 0 Å². The van der Waals surface area contributed by atoms with Gasteiger partial charge in [-0.1, -0.05) is 18.2 Å². The quantitative estimate of drug-likeness (QED) is 0.728. The molecule has 0 spiro atoms. The fourth-order valence-corrected chi connectivity index (χ4v) is 2.86. The third-order valence-corrected chi connectivity index (χ3v) is 4.01. The molecule has 0 aromatic heterocycles. The molecule has 0 bridgehead atoms. The molecule has 1 fully saturated rings. The Hall–Kier alpha value is -2.08. The van der Waals surface area contributed by atoms with Gasteiger partial charge in [-0.25, -0.2) is 4.79 Å². The van der Waals surface area contributed by atoms with Gasteiger partial charge in [0, 0.05) is 11.7 Å². The van der Waals surface area contributed by atoms with Gasteiger partial charge < -0.3 is 15.1 Å². The molecule has 3 amide bonds. The Morgan fingerprint density at radius 2 is 1.87 bits per heavy atom. The van der Waals surface area contributed by atoms with Crippen LogP contribution < -0.4 is 20.4 Å². The minimum atomic E-state index is -0.414. The van der Waals surface area contributed by atoms with E-state index in [1.807, 2.05) is 19.9 Å². The summed E-state index contributed by atoms with van der Waals surface area (Å²) in [5.74, 6) is -0.220. The summed E-state index contributed by atoms with van der Waals surface area (Å²) in [6.07, 6.45) is 0. The lowest BCUT2D eigenvalue weighted by Gasteiger charge is -2.34. The number of imide groups is 1. The van der Waals surface area contributed by atoms with Gasteiger partial charge in [0.05, 0.1) is 26.2 Å². The second-order valence-corrected chi connectivity index (χ2v) is 6.38. The molecule has 3 N–H and O–H groups in total. The van der Waals surface area contributed by atoms with Crippen molar-refractivity contribution in [2.24, 2.45) is 0 Å². The van der Waals surface area contributed by atoms with Crippen LogP contribution in [0.4, 0.5) is 10.5 Å². The smallest absolute Gasteiger partial charge is 0.321 e. The molecular weight excluding hydrogens is 292 g/mol. The fraction of sp³-hybridized carbons (Fsp3) is 0.529. The van der Waals surface area contributed by atoms with E-state index < -0.39 is 6.03 Å². The average Bonchev–Trinajstić information content (AvgIpc) is 2.47. The number of nitrogens with zero attached hydrogens (tertiary/aromatic N) is 1. The third-order valence-electron chi connectivity index (χ3n) is 4.01. The highest BCUT2D eigenvalue weighted by Crippen LogP contribution is 2.18. The Labute approximate surface area is 137 Å². The Bertz CT molecular complexity index is 551.